The SMILES string of the molecule is CC(C)C[C@H](CNc1nc(-c2cccnc2)nc2ccccc12)N1CCOCC1. The first-order chi connectivity index (χ1) is 14.2. The van der Waals surface area contributed by atoms with Crippen LogP contribution < -0.4 is 5.32 Å². The molecule has 0 saturated carbocycles. The van der Waals surface area contributed by atoms with Gasteiger partial charge in [0.05, 0.1) is 18.7 Å². The zero-order valence-electron chi connectivity index (χ0n) is 17.2. The molecule has 1 fully saturated rings. The zero-order chi connectivity index (χ0) is 20.1. The highest BCUT2D eigenvalue weighted by Gasteiger charge is 2.22. The summed E-state index contributed by atoms with van der Waals surface area (Å²) in [5.74, 6) is 2.22. The van der Waals surface area contributed by atoms with Crippen molar-refractivity contribution in [2.45, 2.75) is 26.3 Å². The van der Waals surface area contributed by atoms with E-state index in [4.69, 9.17) is 14.7 Å². The molecule has 0 bridgehead atoms. The Bertz CT molecular complexity index is 925. The van der Waals surface area contributed by atoms with E-state index in [-0.39, 0.29) is 0 Å². The van der Waals surface area contributed by atoms with Crippen LogP contribution >= 0.6 is 0 Å². The normalized spacial score (nSPS) is 16.2. The van der Waals surface area contributed by atoms with Crippen LogP contribution in [0.4, 0.5) is 5.82 Å². The summed E-state index contributed by atoms with van der Waals surface area (Å²) in [5.41, 5.74) is 1.86. The fourth-order valence-corrected chi connectivity index (χ4v) is 3.90. The molecule has 152 valence electrons. The Balaban J connectivity index is 1.61. The number of morpholine rings is 1. The van der Waals surface area contributed by atoms with Crippen molar-refractivity contribution in [1.29, 1.82) is 0 Å². The van der Waals surface area contributed by atoms with Gasteiger partial charge in [-0.25, -0.2) is 9.97 Å². The van der Waals surface area contributed by atoms with Gasteiger partial charge in [0.15, 0.2) is 5.82 Å². The summed E-state index contributed by atoms with van der Waals surface area (Å²) in [7, 11) is 0. The topological polar surface area (TPSA) is 63.2 Å². The third kappa shape index (κ3) is 4.89. The van der Waals surface area contributed by atoms with Crippen LogP contribution in [0.25, 0.3) is 22.3 Å². The Labute approximate surface area is 172 Å². The summed E-state index contributed by atoms with van der Waals surface area (Å²) < 4.78 is 5.55. The maximum atomic E-state index is 5.55. The van der Waals surface area contributed by atoms with Gasteiger partial charge in [0, 0.05) is 49.0 Å². The molecule has 6 heteroatoms. The van der Waals surface area contributed by atoms with Gasteiger partial charge >= 0.3 is 0 Å². The van der Waals surface area contributed by atoms with Gasteiger partial charge in [0.25, 0.3) is 0 Å². The molecule has 29 heavy (non-hydrogen) atoms. The van der Waals surface area contributed by atoms with Crippen LogP contribution in [0.3, 0.4) is 0 Å². The number of pyridine rings is 1. The lowest BCUT2D eigenvalue weighted by Gasteiger charge is -2.35. The average molecular weight is 392 g/mol. The Kier molecular flexibility index (Phi) is 6.32. The van der Waals surface area contributed by atoms with Gasteiger partial charge in [0.2, 0.25) is 0 Å². The largest absolute Gasteiger partial charge is 0.379 e. The average Bonchev–Trinajstić information content (AvgIpc) is 2.77. The first-order valence-corrected chi connectivity index (χ1v) is 10.4. The Morgan fingerprint density at radius 1 is 1.07 bits per heavy atom. The minimum atomic E-state index is 0.453. The number of nitrogens with zero attached hydrogens (tertiary/aromatic N) is 4. The molecule has 2 aromatic heterocycles. The first kappa shape index (κ1) is 19.7. The fraction of sp³-hybridized carbons (Fsp3) is 0.435. The van der Waals surface area contributed by atoms with Crippen molar-refractivity contribution in [3.05, 3.63) is 48.8 Å². The Hall–Kier alpha value is -2.57. The van der Waals surface area contributed by atoms with E-state index in [1.807, 2.05) is 36.5 Å². The lowest BCUT2D eigenvalue weighted by atomic mass is 10.0. The highest BCUT2D eigenvalue weighted by atomic mass is 16.5. The number of aromatic nitrogens is 3. The van der Waals surface area contributed by atoms with E-state index >= 15 is 0 Å². The van der Waals surface area contributed by atoms with E-state index in [2.05, 4.69) is 35.1 Å². The number of hydrogen-bond donors (Lipinski definition) is 1. The number of fused-ring (bicyclic) bond motifs is 1. The van der Waals surface area contributed by atoms with Crippen LogP contribution in [0.5, 0.6) is 0 Å². The smallest absolute Gasteiger partial charge is 0.163 e. The molecular formula is C23H29N5O. The van der Waals surface area contributed by atoms with Gasteiger partial charge < -0.3 is 10.1 Å². The predicted octanol–water partition coefficient (Wildman–Crippen LogP) is 3.85. The number of rotatable bonds is 7. The highest BCUT2D eigenvalue weighted by molar-refractivity contribution is 5.90. The van der Waals surface area contributed by atoms with Crippen LogP contribution in [0.15, 0.2) is 48.8 Å². The summed E-state index contributed by atoms with van der Waals surface area (Å²) in [6, 6.07) is 12.5. The van der Waals surface area contributed by atoms with Gasteiger partial charge in [-0.15, -0.1) is 0 Å². The fourth-order valence-electron chi connectivity index (χ4n) is 3.90. The number of hydrogen-bond acceptors (Lipinski definition) is 6. The van der Waals surface area contributed by atoms with Crippen LogP contribution in [-0.2, 0) is 4.74 Å². The summed E-state index contributed by atoms with van der Waals surface area (Å²) in [5, 5.41) is 4.69. The minimum absolute atomic E-state index is 0.453. The predicted molar refractivity (Wildman–Crippen MR) is 117 cm³/mol. The number of benzene rings is 1. The molecule has 0 radical (unpaired) electrons. The van der Waals surface area contributed by atoms with Crippen LogP contribution in [0.2, 0.25) is 0 Å². The van der Waals surface area contributed by atoms with Crippen molar-refractivity contribution in [3.63, 3.8) is 0 Å². The number of ether oxygens (including phenoxy) is 1. The molecule has 1 aromatic carbocycles. The van der Waals surface area contributed by atoms with E-state index < -0.39 is 0 Å². The molecule has 4 rings (SSSR count). The first-order valence-electron chi connectivity index (χ1n) is 10.4. The number of anilines is 1. The molecule has 1 N–H and O–H groups in total. The molecule has 3 aromatic rings. The highest BCUT2D eigenvalue weighted by Crippen LogP contribution is 2.25. The summed E-state index contributed by atoms with van der Waals surface area (Å²) in [6.45, 7) is 9.04. The molecule has 1 atom stereocenters. The monoisotopic (exact) mass is 391 g/mol. The number of para-hydroxylation sites is 1. The molecule has 0 aliphatic carbocycles. The van der Waals surface area contributed by atoms with E-state index in [1.165, 1.54) is 0 Å². The lowest BCUT2D eigenvalue weighted by molar-refractivity contribution is 0.0150. The molecule has 3 heterocycles. The van der Waals surface area contributed by atoms with Crippen LogP contribution in [-0.4, -0.2) is 58.7 Å². The Morgan fingerprint density at radius 2 is 1.90 bits per heavy atom. The van der Waals surface area contributed by atoms with E-state index in [1.54, 1.807) is 6.20 Å². The molecule has 0 amide bonds. The van der Waals surface area contributed by atoms with Gasteiger partial charge in [-0.05, 0) is 36.6 Å². The summed E-state index contributed by atoms with van der Waals surface area (Å²) >= 11 is 0. The third-order valence-corrected chi connectivity index (χ3v) is 5.33. The molecule has 6 nitrogen and oxygen atoms in total. The van der Waals surface area contributed by atoms with E-state index in [0.29, 0.717) is 17.8 Å². The standard InChI is InChI=1S/C23H29N5O/c1-17(2)14-19(28-10-12-29-13-11-28)16-25-23-20-7-3-4-8-21(20)26-22(27-23)18-6-5-9-24-15-18/h3-9,15,17,19H,10-14,16H2,1-2H3,(H,25,26,27)/t19-/m1/s1. The van der Waals surface area contributed by atoms with Gasteiger partial charge in [0.1, 0.15) is 5.82 Å². The quantitative estimate of drug-likeness (QED) is 0.660. The maximum absolute atomic E-state index is 5.55. The van der Waals surface area contributed by atoms with Gasteiger partial charge in [-0.1, -0.05) is 26.0 Å². The van der Waals surface area contributed by atoms with Crippen LogP contribution in [0, 0.1) is 5.92 Å². The molecule has 1 saturated heterocycles. The molecule has 1 aliphatic heterocycles. The second-order valence-electron chi connectivity index (χ2n) is 7.97. The molecule has 1 aliphatic rings. The third-order valence-electron chi connectivity index (χ3n) is 5.33. The van der Waals surface area contributed by atoms with E-state index in [9.17, 15) is 0 Å². The van der Waals surface area contributed by atoms with Gasteiger partial charge in [-0.2, -0.15) is 0 Å². The van der Waals surface area contributed by atoms with Crippen molar-refractivity contribution >= 4 is 16.7 Å². The van der Waals surface area contributed by atoms with Crippen molar-refractivity contribution in [3.8, 4) is 11.4 Å². The molecule has 0 spiro atoms. The van der Waals surface area contributed by atoms with Crippen LogP contribution in [0.1, 0.15) is 20.3 Å². The number of nitrogens with one attached hydrogen (secondary N) is 1. The summed E-state index contributed by atoms with van der Waals surface area (Å²) in [4.78, 5) is 16.4. The minimum Gasteiger partial charge on any atom is -0.379 e. The zero-order valence-corrected chi connectivity index (χ0v) is 17.2. The second kappa shape index (κ2) is 9.29. The van der Waals surface area contributed by atoms with Crippen molar-refractivity contribution < 1.29 is 4.74 Å². The molecule has 0 unspecified atom stereocenters. The Morgan fingerprint density at radius 3 is 2.66 bits per heavy atom. The summed E-state index contributed by atoms with van der Waals surface area (Å²) in [6.07, 6.45) is 4.72. The lowest BCUT2D eigenvalue weighted by Crippen LogP contribution is -2.47. The second-order valence-corrected chi connectivity index (χ2v) is 7.97. The maximum Gasteiger partial charge on any atom is 0.163 e. The van der Waals surface area contributed by atoms with Crippen molar-refractivity contribution in [1.82, 2.24) is 19.9 Å². The van der Waals surface area contributed by atoms with E-state index in [0.717, 1.165) is 61.6 Å². The van der Waals surface area contributed by atoms with Crippen molar-refractivity contribution in [2.75, 3.05) is 38.2 Å². The molecular weight excluding hydrogens is 362 g/mol. The van der Waals surface area contributed by atoms with Crippen molar-refractivity contribution in [2.24, 2.45) is 5.92 Å². The van der Waals surface area contributed by atoms with Gasteiger partial charge in [-0.3, -0.25) is 9.88 Å².